The number of hydrogen-bond acceptors (Lipinski definition) is 4. The standard InChI is InChI=1S/C12H20N2O2/c1-8(9-13-11(2,3)6-15-9)10-14-12(4,5)7-16-10/h13H,6-7H2,1-5H3/b9-8-. The van der Waals surface area contributed by atoms with Crippen molar-refractivity contribution in [2.24, 2.45) is 4.99 Å². The van der Waals surface area contributed by atoms with Crippen LogP contribution < -0.4 is 5.32 Å². The van der Waals surface area contributed by atoms with E-state index < -0.39 is 0 Å². The summed E-state index contributed by atoms with van der Waals surface area (Å²) in [5.74, 6) is 1.49. The highest BCUT2D eigenvalue weighted by Crippen LogP contribution is 2.24. The largest absolute Gasteiger partial charge is 0.476 e. The van der Waals surface area contributed by atoms with Gasteiger partial charge in [-0.25, -0.2) is 4.99 Å². The van der Waals surface area contributed by atoms with E-state index in [0.717, 1.165) is 11.5 Å². The van der Waals surface area contributed by atoms with Crippen LogP contribution in [0.25, 0.3) is 0 Å². The molecule has 90 valence electrons. The highest BCUT2D eigenvalue weighted by atomic mass is 16.5. The van der Waals surface area contributed by atoms with Gasteiger partial charge in [-0.3, -0.25) is 0 Å². The molecule has 0 saturated carbocycles. The normalized spacial score (nSPS) is 28.9. The van der Waals surface area contributed by atoms with Crippen LogP contribution in [0.3, 0.4) is 0 Å². The van der Waals surface area contributed by atoms with Gasteiger partial charge in [-0.05, 0) is 34.6 Å². The van der Waals surface area contributed by atoms with Crippen molar-refractivity contribution in [3.8, 4) is 0 Å². The average Bonchev–Trinajstić information content (AvgIpc) is 2.68. The molecular weight excluding hydrogens is 204 g/mol. The Hall–Kier alpha value is -1.19. The molecule has 0 spiro atoms. The van der Waals surface area contributed by atoms with E-state index in [1.165, 1.54) is 0 Å². The van der Waals surface area contributed by atoms with Crippen LogP contribution >= 0.6 is 0 Å². The molecule has 0 amide bonds. The summed E-state index contributed by atoms with van der Waals surface area (Å²) in [6, 6.07) is 0. The first-order valence-electron chi connectivity index (χ1n) is 5.64. The highest BCUT2D eigenvalue weighted by molar-refractivity contribution is 5.94. The molecule has 0 bridgehead atoms. The van der Waals surface area contributed by atoms with Crippen LogP contribution in [0.1, 0.15) is 34.6 Å². The van der Waals surface area contributed by atoms with Crippen LogP contribution in [0.5, 0.6) is 0 Å². The van der Waals surface area contributed by atoms with Crippen LogP contribution in [-0.4, -0.2) is 30.2 Å². The summed E-state index contributed by atoms with van der Waals surface area (Å²) in [6.45, 7) is 11.6. The maximum absolute atomic E-state index is 5.62. The van der Waals surface area contributed by atoms with Gasteiger partial charge < -0.3 is 14.8 Å². The lowest BCUT2D eigenvalue weighted by Crippen LogP contribution is -2.34. The molecule has 0 aromatic carbocycles. The van der Waals surface area contributed by atoms with Gasteiger partial charge in [0, 0.05) is 0 Å². The lowest BCUT2D eigenvalue weighted by Gasteiger charge is -2.14. The molecule has 2 heterocycles. The van der Waals surface area contributed by atoms with Gasteiger partial charge in [-0.2, -0.15) is 0 Å². The third kappa shape index (κ3) is 2.15. The zero-order valence-corrected chi connectivity index (χ0v) is 10.7. The molecule has 1 fully saturated rings. The fourth-order valence-electron chi connectivity index (χ4n) is 1.71. The number of nitrogens with zero attached hydrogens (tertiary/aromatic N) is 1. The lowest BCUT2D eigenvalue weighted by molar-refractivity contribution is 0.233. The van der Waals surface area contributed by atoms with Crippen molar-refractivity contribution >= 4 is 5.90 Å². The third-order valence-corrected chi connectivity index (χ3v) is 2.66. The van der Waals surface area contributed by atoms with Crippen LogP contribution in [0.2, 0.25) is 0 Å². The van der Waals surface area contributed by atoms with Crippen molar-refractivity contribution in [3.05, 3.63) is 11.5 Å². The van der Waals surface area contributed by atoms with Crippen LogP contribution in [-0.2, 0) is 9.47 Å². The number of rotatable bonds is 1. The number of ether oxygens (including phenoxy) is 2. The summed E-state index contributed by atoms with van der Waals surface area (Å²) in [5.41, 5.74) is 0.826. The molecule has 0 aromatic heterocycles. The molecule has 0 unspecified atom stereocenters. The number of aliphatic imine (C=N–C) groups is 1. The quantitative estimate of drug-likeness (QED) is 0.739. The Kier molecular flexibility index (Phi) is 2.40. The summed E-state index contributed by atoms with van der Waals surface area (Å²) >= 11 is 0. The van der Waals surface area contributed by atoms with Crippen molar-refractivity contribution in [2.45, 2.75) is 45.7 Å². The Balaban J connectivity index is 2.20. The van der Waals surface area contributed by atoms with E-state index in [2.05, 4.69) is 38.0 Å². The molecule has 2 aliphatic heterocycles. The number of hydrogen-bond donors (Lipinski definition) is 1. The Morgan fingerprint density at radius 2 is 1.88 bits per heavy atom. The van der Waals surface area contributed by atoms with Crippen LogP contribution in [0.15, 0.2) is 16.4 Å². The summed E-state index contributed by atoms with van der Waals surface area (Å²) < 4.78 is 11.2. The van der Waals surface area contributed by atoms with Crippen molar-refractivity contribution in [3.63, 3.8) is 0 Å². The molecule has 0 atom stereocenters. The molecular formula is C12H20N2O2. The van der Waals surface area contributed by atoms with Crippen molar-refractivity contribution in [2.75, 3.05) is 13.2 Å². The first-order chi connectivity index (χ1) is 7.29. The second kappa shape index (κ2) is 3.40. The summed E-state index contributed by atoms with van der Waals surface area (Å²) in [6.07, 6.45) is 0. The Morgan fingerprint density at radius 3 is 2.31 bits per heavy atom. The molecule has 16 heavy (non-hydrogen) atoms. The average molecular weight is 224 g/mol. The molecule has 0 aromatic rings. The predicted molar refractivity (Wildman–Crippen MR) is 63.3 cm³/mol. The van der Waals surface area contributed by atoms with Crippen molar-refractivity contribution < 1.29 is 9.47 Å². The highest BCUT2D eigenvalue weighted by Gasteiger charge is 2.33. The van der Waals surface area contributed by atoms with Gasteiger partial charge in [-0.15, -0.1) is 0 Å². The van der Waals surface area contributed by atoms with E-state index in [0.29, 0.717) is 19.1 Å². The minimum atomic E-state index is -0.120. The Bertz CT molecular complexity index is 367. The molecule has 4 heteroatoms. The van der Waals surface area contributed by atoms with Gasteiger partial charge >= 0.3 is 0 Å². The second-order valence-corrected chi connectivity index (χ2v) is 5.77. The minimum Gasteiger partial charge on any atom is -0.476 e. The first kappa shape index (κ1) is 11.3. The zero-order valence-electron chi connectivity index (χ0n) is 10.7. The zero-order chi connectivity index (χ0) is 12.0. The minimum absolute atomic E-state index is 0.00866. The van der Waals surface area contributed by atoms with E-state index in [-0.39, 0.29) is 11.1 Å². The maximum Gasteiger partial charge on any atom is 0.217 e. The topological polar surface area (TPSA) is 42.8 Å². The summed E-state index contributed by atoms with van der Waals surface area (Å²) in [4.78, 5) is 4.53. The van der Waals surface area contributed by atoms with Crippen molar-refractivity contribution in [1.29, 1.82) is 0 Å². The first-order valence-corrected chi connectivity index (χ1v) is 5.64. The summed E-state index contributed by atoms with van der Waals surface area (Å²) in [5, 5.41) is 3.33. The Morgan fingerprint density at radius 1 is 1.19 bits per heavy atom. The number of nitrogens with one attached hydrogen (secondary N) is 1. The SMILES string of the molecule is C/C(C1=NC(C)(C)CO1)=C1\NC(C)(C)CO1. The van der Waals surface area contributed by atoms with E-state index in [1.807, 2.05) is 6.92 Å². The molecule has 2 rings (SSSR count). The van der Waals surface area contributed by atoms with E-state index in [1.54, 1.807) is 0 Å². The van der Waals surface area contributed by atoms with Gasteiger partial charge in [0.15, 0.2) is 5.88 Å². The van der Waals surface area contributed by atoms with Crippen molar-refractivity contribution in [1.82, 2.24) is 5.32 Å². The summed E-state index contributed by atoms with van der Waals surface area (Å²) in [7, 11) is 0. The fraction of sp³-hybridized carbons (Fsp3) is 0.750. The van der Waals surface area contributed by atoms with E-state index in [4.69, 9.17) is 9.47 Å². The van der Waals surface area contributed by atoms with Gasteiger partial charge in [0.1, 0.15) is 13.2 Å². The molecule has 1 N–H and O–H groups in total. The molecule has 1 saturated heterocycles. The van der Waals surface area contributed by atoms with Gasteiger partial charge in [-0.1, -0.05) is 0 Å². The van der Waals surface area contributed by atoms with Gasteiger partial charge in [0.2, 0.25) is 5.90 Å². The third-order valence-electron chi connectivity index (χ3n) is 2.66. The maximum atomic E-state index is 5.62. The molecule has 2 aliphatic rings. The van der Waals surface area contributed by atoms with E-state index in [9.17, 15) is 0 Å². The Labute approximate surface area is 96.7 Å². The van der Waals surface area contributed by atoms with Crippen LogP contribution in [0, 0.1) is 0 Å². The van der Waals surface area contributed by atoms with Gasteiger partial charge in [0.05, 0.1) is 16.7 Å². The van der Waals surface area contributed by atoms with Crippen LogP contribution in [0.4, 0.5) is 0 Å². The van der Waals surface area contributed by atoms with E-state index >= 15 is 0 Å². The van der Waals surface area contributed by atoms with Gasteiger partial charge in [0.25, 0.3) is 0 Å². The molecule has 0 aliphatic carbocycles. The fourth-order valence-corrected chi connectivity index (χ4v) is 1.71. The molecule has 0 radical (unpaired) electrons. The lowest BCUT2D eigenvalue weighted by atomic mass is 10.1. The monoisotopic (exact) mass is 224 g/mol. The predicted octanol–water partition coefficient (Wildman–Crippen LogP) is 1.82. The second-order valence-electron chi connectivity index (χ2n) is 5.77. The smallest absolute Gasteiger partial charge is 0.217 e. The molecule has 4 nitrogen and oxygen atoms in total.